The average molecular weight is 379 g/mol. The molecular weight excluding hydrogens is 354 g/mol. The minimum atomic E-state index is -3.38. The lowest BCUT2D eigenvalue weighted by Gasteiger charge is -2.16. The topological polar surface area (TPSA) is 105 Å². The van der Waals surface area contributed by atoms with E-state index in [0.717, 1.165) is 24.2 Å². The van der Waals surface area contributed by atoms with Gasteiger partial charge < -0.3 is 5.32 Å². The summed E-state index contributed by atoms with van der Waals surface area (Å²) >= 11 is 0. The Balaban J connectivity index is 1.61. The maximum atomic E-state index is 12.1. The molecule has 0 bridgehead atoms. The molecule has 3 rings (SSSR count). The monoisotopic (exact) mass is 379 g/mol. The van der Waals surface area contributed by atoms with Crippen molar-refractivity contribution in [1.82, 2.24) is 28.8 Å². The molecule has 1 aliphatic heterocycles. The van der Waals surface area contributed by atoms with Gasteiger partial charge in [-0.05, 0) is 39.7 Å². The lowest BCUT2D eigenvalue weighted by atomic mass is 10.4. The van der Waals surface area contributed by atoms with Crippen LogP contribution in [0.1, 0.15) is 30.1 Å². The van der Waals surface area contributed by atoms with Gasteiger partial charge in [-0.25, -0.2) is 19.4 Å². The zero-order valence-electron chi connectivity index (χ0n) is 15.4. The Morgan fingerprint density at radius 3 is 2.46 bits per heavy atom. The molecule has 0 radical (unpaired) electrons. The lowest BCUT2D eigenvalue weighted by molar-refractivity contribution is 0.466. The van der Waals surface area contributed by atoms with Crippen molar-refractivity contribution in [3.05, 3.63) is 29.3 Å². The molecule has 2 N–H and O–H groups in total. The predicted octanol–water partition coefficient (Wildman–Crippen LogP) is 0.930. The molecule has 0 atom stereocenters. The van der Waals surface area contributed by atoms with E-state index in [1.54, 1.807) is 10.7 Å². The van der Waals surface area contributed by atoms with Crippen LogP contribution >= 0.6 is 0 Å². The summed E-state index contributed by atoms with van der Waals surface area (Å²) < 4.78 is 30.1. The molecule has 1 fully saturated rings. The molecule has 0 spiro atoms. The van der Waals surface area contributed by atoms with E-state index >= 15 is 0 Å². The molecule has 0 aromatic carbocycles. The van der Waals surface area contributed by atoms with Crippen molar-refractivity contribution in [3.63, 3.8) is 0 Å². The summed E-state index contributed by atoms with van der Waals surface area (Å²) in [6, 6.07) is 3.79. The van der Waals surface area contributed by atoms with E-state index in [1.165, 1.54) is 4.31 Å². The molecule has 0 amide bonds. The van der Waals surface area contributed by atoms with Gasteiger partial charge in [0.15, 0.2) is 5.82 Å². The number of aromatic nitrogens is 4. The van der Waals surface area contributed by atoms with Crippen molar-refractivity contribution in [2.24, 2.45) is 0 Å². The fourth-order valence-electron chi connectivity index (χ4n) is 3.00. The van der Waals surface area contributed by atoms with E-state index in [9.17, 15) is 8.42 Å². The smallest absolute Gasteiger partial charge is 0.279 e. The fourth-order valence-corrected chi connectivity index (χ4v) is 4.28. The summed E-state index contributed by atoms with van der Waals surface area (Å²) in [5.74, 6) is 1.94. The Bertz CT molecular complexity index is 873. The summed E-state index contributed by atoms with van der Waals surface area (Å²) in [5.41, 5.74) is 1.91. The first-order valence-electron chi connectivity index (χ1n) is 8.73. The third kappa shape index (κ3) is 4.37. The first-order chi connectivity index (χ1) is 12.3. The van der Waals surface area contributed by atoms with Crippen molar-refractivity contribution >= 4 is 16.0 Å². The van der Waals surface area contributed by atoms with Gasteiger partial charge in [0.05, 0.1) is 5.69 Å². The van der Waals surface area contributed by atoms with E-state index in [1.807, 2.05) is 26.8 Å². The van der Waals surface area contributed by atoms with Gasteiger partial charge in [-0.3, -0.25) is 0 Å². The number of aryl methyl sites for hydroxylation is 3. The third-order valence-corrected chi connectivity index (χ3v) is 5.79. The molecule has 0 aliphatic carbocycles. The van der Waals surface area contributed by atoms with Gasteiger partial charge in [-0.2, -0.15) is 17.8 Å². The van der Waals surface area contributed by atoms with Crippen LogP contribution in [-0.2, 0) is 10.2 Å². The molecule has 0 saturated carbocycles. The summed E-state index contributed by atoms with van der Waals surface area (Å²) in [5, 5.41) is 7.58. The summed E-state index contributed by atoms with van der Waals surface area (Å²) in [6.07, 6.45) is 1.85. The fraction of sp³-hybridized carbons (Fsp3) is 0.562. The third-order valence-electron chi connectivity index (χ3n) is 4.17. The maximum absolute atomic E-state index is 12.1. The zero-order valence-corrected chi connectivity index (χ0v) is 16.2. The molecule has 1 saturated heterocycles. The number of nitrogens with zero attached hydrogens (tertiary/aromatic N) is 5. The molecule has 0 unspecified atom stereocenters. The highest BCUT2D eigenvalue weighted by atomic mass is 32.2. The number of hydrogen-bond acceptors (Lipinski definition) is 6. The first kappa shape index (κ1) is 18.7. The van der Waals surface area contributed by atoms with Crippen LogP contribution in [0.4, 0.5) is 5.82 Å². The highest BCUT2D eigenvalue weighted by Gasteiger charge is 2.24. The number of hydrogen-bond donors (Lipinski definition) is 2. The Hall–Kier alpha value is -2.04. The van der Waals surface area contributed by atoms with E-state index in [0.29, 0.717) is 37.1 Å². The van der Waals surface area contributed by atoms with Crippen LogP contribution in [0.5, 0.6) is 0 Å². The van der Waals surface area contributed by atoms with Gasteiger partial charge in [0, 0.05) is 37.9 Å². The molecule has 10 heteroatoms. The molecule has 1 aliphatic rings. The normalized spacial score (nSPS) is 15.5. The lowest BCUT2D eigenvalue weighted by Crippen LogP contribution is -2.40. The Labute approximate surface area is 154 Å². The highest BCUT2D eigenvalue weighted by Crippen LogP contribution is 2.14. The van der Waals surface area contributed by atoms with Crippen LogP contribution in [0, 0.1) is 20.8 Å². The van der Waals surface area contributed by atoms with Crippen molar-refractivity contribution in [2.75, 3.05) is 31.5 Å². The van der Waals surface area contributed by atoms with Crippen molar-refractivity contribution in [3.8, 4) is 5.82 Å². The maximum Gasteiger partial charge on any atom is 0.279 e. The first-order valence-corrected chi connectivity index (χ1v) is 10.2. The Morgan fingerprint density at radius 1 is 1.08 bits per heavy atom. The Kier molecular flexibility index (Phi) is 5.54. The number of anilines is 1. The van der Waals surface area contributed by atoms with Gasteiger partial charge in [-0.15, -0.1) is 0 Å². The number of rotatable bonds is 7. The second kappa shape index (κ2) is 7.68. The average Bonchev–Trinajstić information content (AvgIpc) is 3.21. The van der Waals surface area contributed by atoms with E-state index in [2.05, 4.69) is 25.1 Å². The van der Waals surface area contributed by atoms with Crippen molar-refractivity contribution < 1.29 is 8.42 Å². The van der Waals surface area contributed by atoms with Crippen LogP contribution in [0.3, 0.4) is 0 Å². The van der Waals surface area contributed by atoms with Gasteiger partial charge in [0.25, 0.3) is 10.2 Å². The molecule has 9 nitrogen and oxygen atoms in total. The standard InChI is InChI=1S/C16H25N7O2S/c1-12-10-13(2)23(21-12)16-11-15(19-14(3)20-16)17-6-7-18-26(24,25)22-8-4-5-9-22/h10-11,18H,4-9H2,1-3H3,(H,17,19,20). The predicted molar refractivity (Wildman–Crippen MR) is 99.6 cm³/mol. The second-order valence-corrected chi connectivity index (χ2v) is 8.19. The minimum absolute atomic E-state index is 0.289. The van der Waals surface area contributed by atoms with Crippen molar-refractivity contribution in [2.45, 2.75) is 33.6 Å². The molecule has 2 aromatic heterocycles. The van der Waals surface area contributed by atoms with Crippen molar-refractivity contribution in [1.29, 1.82) is 0 Å². The summed E-state index contributed by atoms with van der Waals surface area (Å²) in [7, 11) is -3.38. The number of nitrogens with one attached hydrogen (secondary N) is 2. The Morgan fingerprint density at radius 2 is 1.81 bits per heavy atom. The molecular formula is C16H25N7O2S. The highest BCUT2D eigenvalue weighted by molar-refractivity contribution is 7.87. The van der Waals surface area contributed by atoms with Crippen LogP contribution in [0.2, 0.25) is 0 Å². The van der Waals surface area contributed by atoms with Crippen LogP contribution in [0.25, 0.3) is 5.82 Å². The van der Waals surface area contributed by atoms with E-state index in [-0.39, 0.29) is 6.54 Å². The quantitative estimate of drug-likeness (QED) is 0.694. The summed E-state index contributed by atoms with van der Waals surface area (Å²) in [4.78, 5) is 8.79. The van der Waals surface area contributed by atoms with Gasteiger partial charge in [0.1, 0.15) is 11.6 Å². The van der Waals surface area contributed by atoms with Gasteiger partial charge in [0.2, 0.25) is 0 Å². The molecule has 3 heterocycles. The summed E-state index contributed by atoms with van der Waals surface area (Å²) in [6.45, 7) is 7.63. The largest absolute Gasteiger partial charge is 0.369 e. The van der Waals surface area contributed by atoms with E-state index < -0.39 is 10.2 Å². The SMILES string of the molecule is Cc1cc(C)n(-c2cc(NCCNS(=O)(=O)N3CCCC3)nc(C)n2)n1. The minimum Gasteiger partial charge on any atom is -0.369 e. The second-order valence-electron chi connectivity index (χ2n) is 6.43. The van der Waals surface area contributed by atoms with Crippen LogP contribution < -0.4 is 10.0 Å². The van der Waals surface area contributed by atoms with Crippen LogP contribution in [0.15, 0.2) is 12.1 Å². The van der Waals surface area contributed by atoms with Crippen LogP contribution in [-0.4, -0.2) is 58.7 Å². The molecule has 26 heavy (non-hydrogen) atoms. The van der Waals surface area contributed by atoms with E-state index in [4.69, 9.17) is 0 Å². The van der Waals surface area contributed by atoms with Gasteiger partial charge in [-0.1, -0.05) is 0 Å². The molecule has 2 aromatic rings. The van der Waals surface area contributed by atoms with Gasteiger partial charge >= 0.3 is 0 Å². The molecule has 142 valence electrons. The zero-order chi connectivity index (χ0) is 18.7.